The molecular weight excluding hydrogens is 228 g/mol. The van der Waals surface area contributed by atoms with Crippen LogP contribution < -0.4 is 5.56 Å². The summed E-state index contributed by atoms with van der Waals surface area (Å²) in [5, 5.41) is 2.97. The SMILES string of the molecule is Cc1cccc(-c2nc3nc(C)cc(=O)n3[nH]2)c1. The molecule has 0 saturated carbocycles. The lowest BCUT2D eigenvalue weighted by Gasteiger charge is -1.96. The summed E-state index contributed by atoms with van der Waals surface area (Å²) in [4.78, 5) is 20.3. The largest absolute Gasteiger partial charge is 0.274 e. The molecule has 0 aliphatic rings. The van der Waals surface area contributed by atoms with E-state index < -0.39 is 0 Å². The van der Waals surface area contributed by atoms with Crippen molar-refractivity contribution >= 4 is 5.78 Å². The summed E-state index contributed by atoms with van der Waals surface area (Å²) >= 11 is 0. The van der Waals surface area contributed by atoms with Crippen LogP contribution in [-0.2, 0) is 0 Å². The van der Waals surface area contributed by atoms with Gasteiger partial charge in [0.05, 0.1) is 0 Å². The Morgan fingerprint density at radius 1 is 1.17 bits per heavy atom. The van der Waals surface area contributed by atoms with E-state index >= 15 is 0 Å². The van der Waals surface area contributed by atoms with Crippen LogP contribution in [0, 0.1) is 13.8 Å². The minimum Gasteiger partial charge on any atom is -0.271 e. The maximum atomic E-state index is 11.8. The van der Waals surface area contributed by atoms with Crippen molar-refractivity contribution in [2.75, 3.05) is 0 Å². The monoisotopic (exact) mass is 240 g/mol. The number of hydrogen-bond acceptors (Lipinski definition) is 3. The summed E-state index contributed by atoms with van der Waals surface area (Å²) in [5.41, 5.74) is 2.60. The Morgan fingerprint density at radius 3 is 2.78 bits per heavy atom. The molecule has 0 atom stereocenters. The van der Waals surface area contributed by atoms with Gasteiger partial charge in [-0.15, -0.1) is 0 Å². The number of aromatic nitrogens is 4. The van der Waals surface area contributed by atoms with Crippen molar-refractivity contribution in [2.45, 2.75) is 13.8 Å². The van der Waals surface area contributed by atoms with Crippen molar-refractivity contribution in [1.82, 2.24) is 19.6 Å². The Kier molecular flexibility index (Phi) is 2.26. The summed E-state index contributed by atoms with van der Waals surface area (Å²) in [6.07, 6.45) is 0. The molecule has 18 heavy (non-hydrogen) atoms. The van der Waals surface area contributed by atoms with Gasteiger partial charge in [0, 0.05) is 17.3 Å². The molecule has 0 unspecified atom stereocenters. The summed E-state index contributed by atoms with van der Waals surface area (Å²) in [7, 11) is 0. The molecule has 0 amide bonds. The van der Waals surface area contributed by atoms with Crippen molar-refractivity contribution < 1.29 is 0 Å². The fourth-order valence-electron chi connectivity index (χ4n) is 1.91. The van der Waals surface area contributed by atoms with E-state index in [1.807, 2.05) is 31.2 Å². The van der Waals surface area contributed by atoms with Crippen LogP contribution in [0.1, 0.15) is 11.3 Å². The predicted molar refractivity (Wildman–Crippen MR) is 68.5 cm³/mol. The van der Waals surface area contributed by atoms with E-state index in [1.165, 1.54) is 10.6 Å². The van der Waals surface area contributed by atoms with Gasteiger partial charge in [-0.05, 0) is 19.9 Å². The molecule has 3 rings (SSSR count). The Labute approximate surface area is 103 Å². The first-order valence-corrected chi connectivity index (χ1v) is 5.67. The average Bonchev–Trinajstić information content (AvgIpc) is 2.73. The molecule has 2 heterocycles. The van der Waals surface area contributed by atoms with Gasteiger partial charge in [-0.2, -0.15) is 9.50 Å². The standard InChI is InChI=1S/C13H12N4O/c1-8-4-3-5-10(6-8)12-15-13-14-9(2)7-11(18)17(13)16-12/h3-7H,1-2H3,(H,14,15,16). The maximum Gasteiger partial charge on any atom is 0.274 e. The molecule has 0 aliphatic heterocycles. The number of aromatic amines is 1. The van der Waals surface area contributed by atoms with Crippen LogP contribution in [0.25, 0.3) is 17.2 Å². The van der Waals surface area contributed by atoms with Crippen molar-refractivity contribution in [3.8, 4) is 11.4 Å². The Bertz CT molecular complexity index is 785. The van der Waals surface area contributed by atoms with E-state index in [0.29, 0.717) is 17.3 Å². The smallest absolute Gasteiger partial charge is 0.271 e. The third-order valence-electron chi connectivity index (χ3n) is 2.75. The maximum absolute atomic E-state index is 11.8. The van der Waals surface area contributed by atoms with Crippen molar-refractivity contribution in [2.24, 2.45) is 0 Å². The van der Waals surface area contributed by atoms with Crippen LogP contribution >= 0.6 is 0 Å². The Hall–Kier alpha value is -2.43. The third-order valence-corrected chi connectivity index (χ3v) is 2.75. The third kappa shape index (κ3) is 1.69. The highest BCUT2D eigenvalue weighted by Crippen LogP contribution is 2.16. The van der Waals surface area contributed by atoms with Gasteiger partial charge in [-0.25, -0.2) is 4.98 Å². The summed E-state index contributed by atoms with van der Waals surface area (Å²) in [5.74, 6) is 1.05. The highest BCUT2D eigenvalue weighted by atomic mass is 16.1. The number of H-pyrrole nitrogens is 1. The lowest BCUT2D eigenvalue weighted by molar-refractivity contribution is 0.892. The van der Waals surface area contributed by atoms with E-state index in [9.17, 15) is 4.79 Å². The number of fused-ring (bicyclic) bond motifs is 1. The van der Waals surface area contributed by atoms with Gasteiger partial charge in [0.15, 0.2) is 5.82 Å². The number of nitrogens with zero attached hydrogens (tertiary/aromatic N) is 3. The molecule has 5 nitrogen and oxygen atoms in total. The molecule has 1 aromatic carbocycles. The van der Waals surface area contributed by atoms with Gasteiger partial charge in [-0.3, -0.25) is 9.89 Å². The first kappa shape index (κ1) is 10.7. The van der Waals surface area contributed by atoms with Crippen molar-refractivity contribution in [3.63, 3.8) is 0 Å². The molecular formula is C13H12N4O. The fraction of sp³-hybridized carbons (Fsp3) is 0.154. The van der Waals surface area contributed by atoms with Crippen LogP contribution in [0.3, 0.4) is 0 Å². The van der Waals surface area contributed by atoms with Gasteiger partial charge >= 0.3 is 0 Å². The molecule has 0 saturated heterocycles. The second-order valence-electron chi connectivity index (χ2n) is 4.31. The highest BCUT2D eigenvalue weighted by Gasteiger charge is 2.08. The second-order valence-corrected chi connectivity index (χ2v) is 4.31. The number of nitrogens with one attached hydrogen (secondary N) is 1. The van der Waals surface area contributed by atoms with E-state index in [-0.39, 0.29) is 5.56 Å². The molecule has 0 radical (unpaired) electrons. The molecule has 0 fully saturated rings. The zero-order valence-corrected chi connectivity index (χ0v) is 10.1. The molecule has 2 aromatic heterocycles. The van der Waals surface area contributed by atoms with E-state index in [0.717, 1.165) is 11.1 Å². The zero-order valence-electron chi connectivity index (χ0n) is 10.1. The number of hydrogen-bond donors (Lipinski definition) is 1. The first-order chi connectivity index (χ1) is 8.63. The quantitative estimate of drug-likeness (QED) is 0.704. The minimum absolute atomic E-state index is 0.149. The van der Waals surface area contributed by atoms with Crippen LogP contribution in [0.5, 0.6) is 0 Å². The molecule has 5 heteroatoms. The normalized spacial score (nSPS) is 11.0. The Balaban J connectivity index is 2.26. The van der Waals surface area contributed by atoms with E-state index in [1.54, 1.807) is 6.92 Å². The van der Waals surface area contributed by atoms with Crippen LogP contribution in [0.2, 0.25) is 0 Å². The van der Waals surface area contributed by atoms with Gasteiger partial charge in [0.25, 0.3) is 11.3 Å². The van der Waals surface area contributed by atoms with E-state index in [4.69, 9.17) is 0 Å². The molecule has 0 spiro atoms. The molecule has 3 aromatic rings. The highest BCUT2D eigenvalue weighted by molar-refractivity contribution is 5.57. The van der Waals surface area contributed by atoms with Crippen LogP contribution in [-0.4, -0.2) is 19.6 Å². The summed E-state index contributed by atoms with van der Waals surface area (Å²) in [6.45, 7) is 3.79. The van der Waals surface area contributed by atoms with Gasteiger partial charge in [0.2, 0.25) is 0 Å². The van der Waals surface area contributed by atoms with Gasteiger partial charge in [-0.1, -0.05) is 23.8 Å². The van der Waals surface area contributed by atoms with Crippen molar-refractivity contribution in [3.05, 3.63) is 51.9 Å². The lowest BCUT2D eigenvalue weighted by Crippen LogP contribution is -2.14. The average molecular weight is 240 g/mol. The van der Waals surface area contributed by atoms with Crippen molar-refractivity contribution in [1.29, 1.82) is 0 Å². The second kappa shape index (κ2) is 3.80. The van der Waals surface area contributed by atoms with Gasteiger partial charge in [0.1, 0.15) is 0 Å². The lowest BCUT2D eigenvalue weighted by atomic mass is 10.1. The molecule has 1 N–H and O–H groups in total. The summed E-state index contributed by atoms with van der Waals surface area (Å²) in [6, 6.07) is 9.41. The molecule has 90 valence electrons. The molecule has 0 aliphatic carbocycles. The number of aryl methyl sites for hydroxylation is 2. The Morgan fingerprint density at radius 2 is 2.00 bits per heavy atom. The summed E-state index contributed by atoms with van der Waals surface area (Å²) < 4.78 is 1.35. The predicted octanol–water partition coefficient (Wildman–Crippen LogP) is 1.70. The van der Waals surface area contributed by atoms with E-state index in [2.05, 4.69) is 15.1 Å². The van der Waals surface area contributed by atoms with Crippen LogP contribution in [0.4, 0.5) is 0 Å². The minimum atomic E-state index is -0.149. The fourth-order valence-corrected chi connectivity index (χ4v) is 1.91. The number of benzene rings is 1. The topological polar surface area (TPSA) is 63.1 Å². The van der Waals surface area contributed by atoms with Gasteiger partial charge < -0.3 is 0 Å². The van der Waals surface area contributed by atoms with Crippen LogP contribution in [0.15, 0.2) is 35.1 Å². The number of rotatable bonds is 1. The zero-order chi connectivity index (χ0) is 12.7. The molecule has 0 bridgehead atoms. The first-order valence-electron chi connectivity index (χ1n) is 5.67.